The lowest BCUT2D eigenvalue weighted by atomic mass is 10.3. The van der Waals surface area contributed by atoms with E-state index in [1.807, 2.05) is 6.92 Å². The third kappa shape index (κ3) is 4.06. The van der Waals surface area contributed by atoms with E-state index >= 15 is 0 Å². The van der Waals surface area contributed by atoms with Crippen molar-refractivity contribution in [2.45, 2.75) is 13.3 Å². The summed E-state index contributed by atoms with van der Waals surface area (Å²) in [6.07, 6.45) is 2.13. The Hall–Kier alpha value is -2.35. The second kappa shape index (κ2) is 6.89. The molecule has 0 atom stereocenters. The predicted molar refractivity (Wildman–Crippen MR) is 72.2 cm³/mol. The first kappa shape index (κ1) is 15.0. The molecule has 21 heavy (non-hydrogen) atoms. The van der Waals surface area contributed by atoms with E-state index in [4.69, 9.17) is 21.1 Å². The van der Waals surface area contributed by atoms with Gasteiger partial charge in [0.05, 0.1) is 11.6 Å². The summed E-state index contributed by atoms with van der Waals surface area (Å²) >= 11 is 5.73. The van der Waals surface area contributed by atoms with E-state index in [0.717, 1.165) is 6.42 Å². The van der Waals surface area contributed by atoms with Gasteiger partial charge in [-0.15, -0.1) is 0 Å². The Bertz CT molecular complexity index is 614. The number of nitrogens with zero attached hydrogens (tertiary/aromatic N) is 4. The Morgan fingerprint density at radius 1 is 1.48 bits per heavy atom. The van der Waals surface area contributed by atoms with Crippen LogP contribution >= 0.6 is 11.6 Å². The fraction of sp³-hybridized carbons (Fsp3) is 0.333. The van der Waals surface area contributed by atoms with Crippen LogP contribution in [0.1, 0.15) is 13.3 Å². The van der Waals surface area contributed by atoms with Crippen LogP contribution in [0.5, 0.6) is 6.01 Å². The van der Waals surface area contributed by atoms with Gasteiger partial charge < -0.3 is 14.7 Å². The van der Waals surface area contributed by atoms with Gasteiger partial charge in [0.25, 0.3) is 0 Å². The van der Waals surface area contributed by atoms with E-state index in [9.17, 15) is 10.0 Å². The van der Waals surface area contributed by atoms with Crippen molar-refractivity contribution in [2.75, 3.05) is 13.2 Å². The van der Waals surface area contributed by atoms with E-state index in [-0.39, 0.29) is 18.4 Å². The number of hydrogen-bond acceptors (Lipinski definition) is 7. The summed E-state index contributed by atoms with van der Waals surface area (Å²) in [7, 11) is 0. The van der Waals surface area contributed by atoms with Crippen molar-refractivity contribution in [1.29, 1.82) is 0 Å². The normalized spacial score (nSPS) is 10.4. The van der Waals surface area contributed by atoms with Gasteiger partial charge in [-0.05, 0) is 18.6 Å². The fourth-order valence-electron chi connectivity index (χ4n) is 1.40. The van der Waals surface area contributed by atoms with Gasteiger partial charge in [-0.3, -0.25) is 4.98 Å². The number of aromatic nitrogens is 4. The molecule has 9 heteroatoms. The van der Waals surface area contributed by atoms with Crippen LogP contribution in [0, 0.1) is 0 Å². The number of halogens is 1. The first-order valence-electron chi connectivity index (χ1n) is 6.16. The number of ether oxygens (including phenoxy) is 2. The highest BCUT2D eigenvalue weighted by atomic mass is 35.5. The highest BCUT2D eigenvalue weighted by Gasteiger charge is 2.15. The Balaban J connectivity index is 2.02. The third-order valence-electron chi connectivity index (χ3n) is 2.31. The van der Waals surface area contributed by atoms with E-state index in [0.29, 0.717) is 22.2 Å². The van der Waals surface area contributed by atoms with Crippen LogP contribution < -0.4 is 4.74 Å². The van der Waals surface area contributed by atoms with Crippen molar-refractivity contribution >= 4 is 17.6 Å². The largest absolute Gasteiger partial charge is 0.463 e. The van der Waals surface area contributed by atoms with E-state index in [1.54, 1.807) is 12.1 Å². The second-order valence-electron chi connectivity index (χ2n) is 3.98. The molecule has 0 radical (unpaired) electrons. The zero-order chi connectivity index (χ0) is 15.2. The lowest BCUT2D eigenvalue weighted by Gasteiger charge is -2.02. The molecule has 0 aliphatic heterocycles. The molecule has 112 valence electrons. The number of pyridine rings is 1. The smallest absolute Gasteiger partial charge is 0.344 e. The summed E-state index contributed by atoms with van der Waals surface area (Å²) < 4.78 is 9.87. The molecule has 0 saturated heterocycles. The van der Waals surface area contributed by atoms with E-state index in [2.05, 4.69) is 15.1 Å². The molecule has 0 amide bonds. The van der Waals surface area contributed by atoms with Crippen molar-refractivity contribution in [3.63, 3.8) is 0 Å². The van der Waals surface area contributed by atoms with Crippen molar-refractivity contribution in [3.05, 3.63) is 23.4 Å². The lowest BCUT2D eigenvalue weighted by Crippen LogP contribution is -2.15. The molecule has 2 rings (SSSR count). The van der Waals surface area contributed by atoms with Crippen LogP contribution in [-0.4, -0.2) is 44.3 Å². The number of rotatable bonds is 6. The molecule has 8 nitrogen and oxygen atoms in total. The van der Waals surface area contributed by atoms with Crippen LogP contribution in [-0.2, 0) is 9.53 Å². The highest BCUT2D eigenvalue weighted by Crippen LogP contribution is 2.18. The second-order valence-corrected chi connectivity index (χ2v) is 4.41. The summed E-state index contributed by atoms with van der Waals surface area (Å²) in [5, 5.41) is 13.7. The maximum atomic E-state index is 11.3. The molecule has 2 aromatic rings. The summed E-state index contributed by atoms with van der Waals surface area (Å²) in [4.78, 5) is 19.7. The van der Waals surface area contributed by atoms with Gasteiger partial charge in [-0.25, -0.2) is 4.79 Å². The SMILES string of the molecule is CCCOC(=O)COc1nc(-c2ccc(Cl)cn2)n(O)n1. The molecule has 2 heterocycles. The van der Waals surface area contributed by atoms with Crippen LogP contribution in [0.3, 0.4) is 0 Å². The molecule has 0 saturated carbocycles. The zero-order valence-electron chi connectivity index (χ0n) is 11.2. The lowest BCUT2D eigenvalue weighted by molar-refractivity contribution is -0.146. The summed E-state index contributed by atoms with van der Waals surface area (Å²) in [5.74, 6) is -0.458. The molecule has 0 bridgehead atoms. The van der Waals surface area contributed by atoms with E-state index in [1.165, 1.54) is 6.20 Å². The first-order valence-corrected chi connectivity index (χ1v) is 6.54. The summed E-state index contributed by atoms with van der Waals surface area (Å²) in [5.41, 5.74) is 0.359. The average molecular weight is 313 g/mol. The minimum atomic E-state index is -0.530. The van der Waals surface area contributed by atoms with Gasteiger partial charge in [0, 0.05) is 6.20 Å². The van der Waals surface area contributed by atoms with Crippen LogP contribution in [0.4, 0.5) is 0 Å². The Labute approximate surface area is 125 Å². The van der Waals surface area contributed by atoms with Crippen molar-refractivity contribution < 1.29 is 19.5 Å². The number of carbonyl (C=O) groups excluding carboxylic acids is 1. The van der Waals surface area contributed by atoms with Crippen LogP contribution in [0.2, 0.25) is 5.02 Å². The molecule has 1 N–H and O–H groups in total. The predicted octanol–water partition coefficient (Wildman–Crippen LogP) is 1.56. The number of carbonyl (C=O) groups is 1. The van der Waals surface area contributed by atoms with Crippen molar-refractivity contribution in [1.82, 2.24) is 19.9 Å². The molecule has 0 aromatic carbocycles. The molecule has 0 aliphatic carbocycles. The molecule has 0 spiro atoms. The van der Waals surface area contributed by atoms with Gasteiger partial charge in [0.2, 0.25) is 5.82 Å². The monoisotopic (exact) mass is 312 g/mol. The molecular weight excluding hydrogens is 300 g/mol. The zero-order valence-corrected chi connectivity index (χ0v) is 11.9. The minimum Gasteiger partial charge on any atom is -0.463 e. The molecule has 2 aromatic heterocycles. The summed E-state index contributed by atoms with van der Waals surface area (Å²) in [6, 6.07) is 3.01. The molecule has 0 unspecified atom stereocenters. The Morgan fingerprint density at radius 2 is 2.29 bits per heavy atom. The third-order valence-corrected chi connectivity index (χ3v) is 2.54. The van der Waals surface area contributed by atoms with Crippen LogP contribution in [0.25, 0.3) is 11.5 Å². The average Bonchev–Trinajstić information content (AvgIpc) is 2.85. The quantitative estimate of drug-likeness (QED) is 0.638. The van der Waals surface area contributed by atoms with Gasteiger partial charge in [0.15, 0.2) is 6.61 Å². The standard InChI is InChI=1S/C12H13ClN4O4/c1-2-5-20-10(18)7-21-12-15-11(17(19)16-12)9-4-3-8(13)6-14-9/h3-4,6,19H,2,5,7H2,1H3. The Kier molecular flexibility index (Phi) is 4.94. The highest BCUT2D eigenvalue weighted by molar-refractivity contribution is 6.30. The van der Waals surface area contributed by atoms with E-state index < -0.39 is 5.97 Å². The van der Waals surface area contributed by atoms with Gasteiger partial charge in [-0.1, -0.05) is 28.5 Å². The van der Waals surface area contributed by atoms with Gasteiger partial charge in [0.1, 0.15) is 5.69 Å². The maximum Gasteiger partial charge on any atom is 0.344 e. The topological polar surface area (TPSA) is 99.4 Å². The molecular formula is C12H13ClN4O4. The molecule has 0 aliphatic rings. The fourth-order valence-corrected chi connectivity index (χ4v) is 1.51. The minimum absolute atomic E-state index is 0.0728. The molecule has 0 fully saturated rings. The van der Waals surface area contributed by atoms with Crippen molar-refractivity contribution in [2.24, 2.45) is 0 Å². The van der Waals surface area contributed by atoms with Gasteiger partial charge >= 0.3 is 12.0 Å². The Morgan fingerprint density at radius 3 is 2.95 bits per heavy atom. The maximum absolute atomic E-state index is 11.3. The number of esters is 1. The first-order chi connectivity index (χ1) is 10.1. The van der Waals surface area contributed by atoms with Crippen LogP contribution in [0.15, 0.2) is 18.3 Å². The van der Waals surface area contributed by atoms with Gasteiger partial charge in [-0.2, -0.15) is 4.98 Å². The summed E-state index contributed by atoms with van der Waals surface area (Å²) in [6.45, 7) is 1.87. The van der Waals surface area contributed by atoms with Crippen molar-refractivity contribution in [3.8, 4) is 17.5 Å². The number of hydrogen-bond donors (Lipinski definition) is 1.